The van der Waals surface area contributed by atoms with Crippen molar-refractivity contribution in [3.63, 3.8) is 0 Å². The van der Waals surface area contributed by atoms with E-state index in [0.717, 1.165) is 0 Å². The molecule has 0 aliphatic carbocycles. The molecule has 0 fully saturated rings. The summed E-state index contributed by atoms with van der Waals surface area (Å²) in [5.74, 6) is -2.71. The highest BCUT2D eigenvalue weighted by Crippen LogP contribution is 1.86. The Balaban J connectivity index is 4.39. The van der Waals surface area contributed by atoms with E-state index in [9.17, 15) is 14.4 Å². The van der Waals surface area contributed by atoms with Gasteiger partial charge in [-0.1, -0.05) is 0 Å². The van der Waals surface area contributed by atoms with Gasteiger partial charge < -0.3 is 21.5 Å². The summed E-state index contributed by atoms with van der Waals surface area (Å²) in [6, 6.07) is -2.22. The minimum atomic E-state index is -1.21. The van der Waals surface area contributed by atoms with Crippen LogP contribution in [0.2, 0.25) is 2.82 Å². The minimum Gasteiger partial charge on any atom is -0.480 e. The van der Waals surface area contributed by atoms with E-state index in [-0.39, 0.29) is 0 Å². The highest BCUT2D eigenvalue weighted by Gasteiger charge is 2.19. The highest BCUT2D eigenvalue weighted by molar-refractivity contribution is 5.90. The third kappa shape index (κ3) is 4.96. The Morgan fingerprint density at radius 1 is 1.47 bits per heavy atom. The number of carboxylic acids is 1. The zero-order valence-corrected chi connectivity index (χ0v) is 8.48. The lowest BCUT2D eigenvalue weighted by atomic mass is 10.2. The largest absolute Gasteiger partial charge is 0.480 e. The number of carboxylic acid groups (broad SMARTS) is 1. The van der Waals surface area contributed by atoms with E-state index in [1.54, 1.807) is 0 Å². The molecule has 7 heteroatoms. The van der Waals surface area contributed by atoms with Crippen molar-refractivity contribution in [1.82, 2.24) is 10.6 Å². The van der Waals surface area contributed by atoms with Gasteiger partial charge in [-0.25, -0.2) is 0 Å². The molecule has 7 nitrogen and oxygen atoms in total. The Labute approximate surface area is 89.9 Å². The van der Waals surface area contributed by atoms with Gasteiger partial charge in [-0.15, -0.1) is 0 Å². The summed E-state index contributed by atoms with van der Waals surface area (Å²) in [7, 11) is 0. The first-order chi connectivity index (χ1) is 7.81. The monoisotopic (exact) mass is 219 g/mol. The van der Waals surface area contributed by atoms with E-state index in [2.05, 4.69) is 5.32 Å². The Bertz CT molecular complexity index is 313. The number of carbonyl (C=O) groups excluding carboxylic acids is 2. The van der Waals surface area contributed by atoms with Gasteiger partial charge in [0, 0.05) is 0 Å². The van der Waals surface area contributed by atoms with Crippen molar-refractivity contribution in [2.24, 2.45) is 5.73 Å². The molecule has 0 saturated heterocycles. The highest BCUT2D eigenvalue weighted by atomic mass is 16.4. The van der Waals surface area contributed by atoms with Crippen LogP contribution in [-0.2, 0) is 14.4 Å². The molecule has 0 rings (SSSR count). The second kappa shape index (κ2) is 5.97. The Hall–Kier alpha value is -1.63. The topological polar surface area (TPSA) is 122 Å². The molecular formula is C8H15N3O4. The lowest BCUT2D eigenvalue weighted by Crippen LogP contribution is -2.50. The molecule has 0 radical (unpaired) electrons. The molecule has 0 unspecified atom stereocenters. The lowest BCUT2D eigenvalue weighted by Gasteiger charge is -2.15. The average molecular weight is 219 g/mol. The standard InChI is InChI=1S/C8H15N3O4/c1-4(10-6(12)3-9)7(13)11-5(2)8(14)15/h4-5H,3,9H2,1-2H3,(H,10,12)(H,11,13)(H,14,15)/t4-,5-/m0/s1/i/hD2. The SMILES string of the molecule is [2H]NCC(=O)N([2H])[C@@H](C)C(=O)N[C@@H](C)C(=O)O. The molecule has 2 amide bonds. The summed E-state index contributed by atoms with van der Waals surface area (Å²) >= 11 is 0. The van der Waals surface area contributed by atoms with Crippen LogP contribution >= 0.6 is 0 Å². The molecule has 15 heavy (non-hydrogen) atoms. The number of amides is 2. The molecule has 5 N–H and O–H groups in total. The maximum absolute atomic E-state index is 11.5. The van der Waals surface area contributed by atoms with E-state index in [1.165, 1.54) is 13.8 Å². The van der Waals surface area contributed by atoms with E-state index >= 15 is 0 Å². The summed E-state index contributed by atoms with van der Waals surface area (Å²) in [6.45, 7) is 2.17. The molecule has 0 aromatic rings. The first kappa shape index (κ1) is 9.91. The maximum atomic E-state index is 11.5. The van der Waals surface area contributed by atoms with E-state index in [1.807, 2.05) is 5.73 Å². The Kier molecular flexibility index (Phi) is 3.94. The number of hydrogen-bond donors (Lipinski definition) is 4. The Morgan fingerprint density at radius 2 is 2.07 bits per heavy atom. The fourth-order valence-corrected chi connectivity index (χ4v) is 0.716. The van der Waals surface area contributed by atoms with Crippen molar-refractivity contribution in [2.45, 2.75) is 25.9 Å². The van der Waals surface area contributed by atoms with Crippen molar-refractivity contribution >= 4 is 17.8 Å². The molecule has 2 atom stereocenters. The first-order valence-electron chi connectivity index (χ1n) is 5.24. The van der Waals surface area contributed by atoms with Crippen LogP contribution in [0, 0.1) is 0 Å². The van der Waals surface area contributed by atoms with Crippen LogP contribution < -0.4 is 16.4 Å². The van der Waals surface area contributed by atoms with Crippen LogP contribution in [0.5, 0.6) is 0 Å². The molecule has 0 aliphatic heterocycles. The number of rotatable bonds is 6. The predicted molar refractivity (Wildman–Crippen MR) is 51.9 cm³/mol. The molecule has 0 aromatic heterocycles. The Morgan fingerprint density at radius 3 is 2.53 bits per heavy atom. The lowest BCUT2D eigenvalue weighted by molar-refractivity contribution is -0.141. The van der Waals surface area contributed by atoms with Crippen molar-refractivity contribution in [2.75, 3.05) is 6.54 Å². The van der Waals surface area contributed by atoms with Gasteiger partial charge in [0.05, 0.1) is 6.54 Å². The van der Waals surface area contributed by atoms with Gasteiger partial charge in [0.25, 0.3) is 0 Å². The predicted octanol–water partition coefficient (Wildman–Crippen LogP) is -1.96. The smallest absolute Gasteiger partial charge is 0.325 e. The van der Waals surface area contributed by atoms with E-state index in [4.69, 9.17) is 7.93 Å². The van der Waals surface area contributed by atoms with Gasteiger partial charge in [0.2, 0.25) is 11.8 Å². The zero-order valence-electron chi connectivity index (χ0n) is 10.5. The van der Waals surface area contributed by atoms with Crippen molar-refractivity contribution in [3.8, 4) is 0 Å². The first-order valence-corrected chi connectivity index (χ1v) is 4.30. The van der Waals surface area contributed by atoms with Gasteiger partial charge in [-0.05, 0) is 13.8 Å². The molecule has 0 aromatic carbocycles. The fraction of sp³-hybridized carbons (Fsp3) is 0.625. The average Bonchev–Trinajstić information content (AvgIpc) is 2.26. The minimum absolute atomic E-state index is 0.393. The van der Waals surface area contributed by atoms with Gasteiger partial charge in [0.1, 0.15) is 13.5 Å². The molecule has 0 saturated carbocycles. The van der Waals surface area contributed by atoms with Crippen LogP contribution in [0.4, 0.5) is 0 Å². The summed E-state index contributed by atoms with van der Waals surface area (Å²) in [5, 5.41) is 11.1. The zero-order chi connectivity index (χ0) is 13.6. The van der Waals surface area contributed by atoms with Gasteiger partial charge in [-0.3, -0.25) is 14.4 Å². The van der Waals surface area contributed by atoms with Crippen LogP contribution in [0.3, 0.4) is 0 Å². The number of aliphatic carboxylic acids is 1. The number of nitrogens with two attached hydrogens (primary N) is 1. The third-order valence-corrected chi connectivity index (χ3v) is 1.60. The molecule has 86 valence electrons. The summed E-state index contributed by atoms with van der Waals surface area (Å²) in [6.07, 6.45) is 0. The molecular weight excluding hydrogens is 202 g/mol. The van der Waals surface area contributed by atoms with Crippen molar-refractivity contribution < 1.29 is 22.3 Å². The normalized spacial score (nSPS) is 15.6. The maximum Gasteiger partial charge on any atom is 0.325 e. The van der Waals surface area contributed by atoms with E-state index < -0.39 is 36.4 Å². The molecule has 0 spiro atoms. The van der Waals surface area contributed by atoms with E-state index in [0.29, 0.717) is 5.31 Å². The second-order valence-electron chi connectivity index (χ2n) is 2.94. The van der Waals surface area contributed by atoms with Crippen molar-refractivity contribution in [3.05, 3.63) is 0 Å². The summed E-state index contributed by atoms with van der Waals surface area (Å²) in [4.78, 5) is 33.1. The number of hydrogen-bond acceptors (Lipinski definition) is 4. The van der Waals surface area contributed by atoms with Crippen LogP contribution in [-0.4, -0.2) is 41.5 Å². The second-order valence-corrected chi connectivity index (χ2v) is 2.94. The third-order valence-electron chi connectivity index (χ3n) is 1.60. The molecule has 0 aliphatic rings. The van der Waals surface area contributed by atoms with Gasteiger partial charge >= 0.3 is 5.97 Å². The molecule has 0 bridgehead atoms. The molecule has 0 heterocycles. The van der Waals surface area contributed by atoms with Gasteiger partial charge in [0.15, 0.2) is 1.41 Å². The van der Waals surface area contributed by atoms with Crippen molar-refractivity contribution in [1.29, 1.82) is 0 Å². The summed E-state index contributed by atoms with van der Waals surface area (Å²) < 4.78 is 13.9. The fourth-order valence-electron chi connectivity index (χ4n) is 0.716. The summed E-state index contributed by atoms with van der Waals surface area (Å²) in [5.41, 5.74) is 1.81. The number of nitrogens with one attached hydrogen (secondary N) is 2. The van der Waals surface area contributed by atoms with Crippen LogP contribution in [0.1, 0.15) is 13.8 Å². The van der Waals surface area contributed by atoms with Gasteiger partial charge in [-0.2, -0.15) is 0 Å². The quantitative estimate of drug-likeness (QED) is 0.413. The number of carbonyl (C=O) groups is 3. The van der Waals surface area contributed by atoms with Crippen LogP contribution in [0.15, 0.2) is 0 Å². The van der Waals surface area contributed by atoms with Crippen LogP contribution in [0.25, 0.3) is 0 Å².